The van der Waals surface area contributed by atoms with Gasteiger partial charge in [0.15, 0.2) is 0 Å². The third-order valence-electron chi connectivity index (χ3n) is 4.64. The van der Waals surface area contributed by atoms with Crippen LogP contribution in [0.1, 0.15) is 59.9 Å². The molecule has 3 rings (SSSR count). The van der Waals surface area contributed by atoms with E-state index in [0.29, 0.717) is 23.0 Å². The fourth-order valence-corrected chi connectivity index (χ4v) is 3.26. The second-order valence-corrected chi connectivity index (χ2v) is 6.63. The Balaban J connectivity index is 1.65. The Bertz CT molecular complexity index is 784. The topological polar surface area (TPSA) is 80.3 Å². The molecular weight excluding hydrogens is 342 g/mol. The number of nitrogens with one attached hydrogen (secondary N) is 2. The number of benzene rings is 1. The lowest BCUT2D eigenvalue weighted by Gasteiger charge is -2.23. The van der Waals surface area contributed by atoms with Gasteiger partial charge in [-0.25, -0.2) is 9.78 Å². The molecule has 1 aliphatic carbocycles. The summed E-state index contributed by atoms with van der Waals surface area (Å²) in [5.74, 6) is -0.829. The molecule has 1 aromatic carbocycles. The van der Waals surface area contributed by atoms with Crippen molar-refractivity contribution < 1.29 is 14.3 Å². The summed E-state index contributed by atoms with van der Waals surface area (Å²) in [4.78, 5) is 28.8. The van der Waals surface area contributed by atoms with E-state index < -0.39 is 5.97 Å². The van der Waals surface area contributed by atoms with E-state index in [1.54, 1.807) is 43.5 Å². The maximum absolute atomic E-state index is 12.5. The minimum absolute atomic E-state index is 0.276. The lowest BCUT2D eigenvalue weighted by Crippen LogP contribution is -2.22. The zero-order valence-corrected chi connectivity index (χ0v) is 15.5. The number of ether oxygens (including phenoxy) is 1. The van der Waals surface area contributed by atoms with Crippen molar-refractivity contribution in [3.05, 3.63) is 53.9 Å². The van der Waals surface area contributed by atoms with Gasteiger partial charge in [-0.15, -0.1) is 0 Å². The van der Waals surface area contributed by atoms with Crippen molar-refractivity contribution in [3.8, 4) is 0 Å². The highest BCUT2D eigenvalue weighted by Gasteiger charge is 2.16. The molecule has 27 heavy (non-hydrogen) atoms. The number of aromatic nitrogens is 1. The molecule has 2 aromatic rings. The number of nitrogens with zero attached hydrogens (tertiary/aromatic N) is 1. The molecular formula is C21H25N3O3. The van der Waals surface area contributed by atoms with E-state index in [0.717, 1.165) is 5.69 Å². The van der Waals surface area contributed by atoms with E-state index in [4.69, 9.17) is 4.74 Å². The number of para-hydroxylation sites is 1. The van der Waals surface area contributed by atoms with Gasteiger partial charge in [-0.2, -0.15) is 0 Å². The molecule has 0 radical (unpaired) electrons. The number of anilines is 2. The number of pyridine rings is 1. The number of carbonyl (C=O) groups is 2. The summed E-state index contributed by atoms with van der Waals surface area (Å²) in [6.45, 7) is 2.02. The van der Waals surface area contributed by atoms with Crippen molar-refractivity contribution in [1.29, 1.82) is 0 Å². The van der Waals surface area contributed by atoms with E-state index >= 15 is 0 Å². The molecule has 142 valence electrons. The molecule has 1 heterocycles. The first-order valence-electron chi connectivity index (χ1n) is 9.47. The molecule has 0 aliphatic heterocycles. The van der Waals surface area contributed by atoms with E-state index in [2.05, 4.69) is 15.6 Å². The van der Waals surface area contributed by atoms with Crippen LogP contribution in [0.25, 0.3) is 0 Å². The average Bonchev–Trinajstić information content (AvgIpc) is 2.70. The molecule has 0 unspecified atom stereocenters. The summed E-state index contributed by atoms with van der Waals surface area (Å²) in [7, 11) is 0. The zero-order chi connectivity index (χ0) is 19.1. The Morgan fingerprint density at radius 3 is 2.59 bits per heavy atom. The lowest BCUT2D eigenvalue weighted by atomic mass is 9.95. The summed E-state index contributed by atoms with van der Waals surface area (Å²) in [5.41, 5.74) is 1.95. The highest BCUT2D eigenvalue weighted by molar-refractivity contribution is 6.07. The Hall–Kier alpha value is -2.89. The summed E-state index contributed by atoms with van der Waals surface area (Å²) in [6.07, 6.45) is 7.85. The molecule has 0 saturated heterocycles. The molecule has 6 nitrogen and oxygen atoms in total. The van der Waals surface area contributed by atoms with E-state index in [9.17, 15) is 9.59 Å². The predicted molar refractivity (Wildman–Crippen MR) is 105 cm³/mol. The van der Waals surface area contributed by atoms with Crippen LogP contribution in [0.4, 0.5) is 11.4 Å². The van der Waals surface area contributed by atoms with Gasteiger partial charge in [0.2, 0.25) is 0 Å². The van der Waals surface area contributed by atoms with Gasteiger partial charge in [0.05, 0.1) is 29.7 Å². The second kappa shape index (κ2) is 9.16. The van der Waals surface area contributed by atoms with Crippen LogP contribution in [0.3, 0.4) is 0 Å². The first-order chi connectivity index (χ1) is 13.2. The molecule has 1 fully saturated rings. The van der Waals surface area contributed by atoms with E-state index in [1.165, 1.54) is 32.1 Å². The number of rotatable bonds is 6. The first-order valence-corrected chi connectivity index (χ1v) is 9.47. The van der Waals surface area contributed by atoms with Crippen molar-refractivity contribution >= 4 is 23.3 Å². The molecule has 1 saturated carbocycles. The molecule has 0 bridgehead atoms. The van der Waals surface area contributed by atoms with Crippen molar-refractivity contribution in [2.24, 2.45) is 0 Å². The van der Waals surface area contributed by atoms with Crippen LogP contribution in [0.15, 0.2) is 42.6 Å². The van der Waals surface area contributed by atoms with Crippen molar-refractivity contribution in [1.82, 2.24) is 4.98 Å². The smallest absolute Gasteiger partial charge is 0.340 e. The van der Waals surface area contributed by atoms with Gasteiger partial charge >= 0.3 is 5.97 Å². The molecule has 6 heteroatoms. The number of amides is 1. The van der Waals surface area contributed by atoms with Crippen LogP contribution in [0.5, 0.6) is 0 Å². The number of hydrogen-bond acceptors (Lipinski definition) is 5. The summed E-state index contributed by atoms with van der Waals surface area (Å²) in [6, 6.07) is 10.8. The Kier molecular flexibility index (Phi) is 6.41. The zero-order valence-electron chi connectivity index (χ0n) is 15.5. The Morgan fingerprint density at radius 2 is 1.89 bits per heavy atom. The highest BCUT2D eigenvalue weighted by Crippen LogP contribution is 2.22. The van der Waals surface area contributed by atoms with Gasteiger partial charge in [0.25, 0.3) is 5.91 Å². The third-order valence-corrected chi connectivity index (χ3v) is 4.64. The standard InChI is InChI=1S/C21H25N3O3/c1-2-27-21(26)17-10-6-7-11-18(17)24-20(25)19-13-12-16(14-22-19)23-15-8-4-3-5-9-15/h6-7,10-15,23H,2-5,8-9H2,1H3,(H,24,25). The van der Waals surface area contributed by atoms with Gasteiger partial charge < -0.3 is 15.4 Å². The predicted octanol–water partition coefficient (Wildman–Crippen LogP) is 4.26. The maximum Gasteiger partial charge on any atom is 0.340 e. The number of hydrogen-bond donors (Lipinski definition) is 2. The summed E-state index contributed by atoms with van der Waals surface area (Å²) in [5, 5.41) is 6.22. The highest BCUT2D eigenvalue weighted by atomic mass is 16.5. The van der Waals surface area contributed by atoms with Crippen LogP contribution in [0.2, 0.25) is 0 Å². The van der Waals surface area contributed by atoms with Crippen LogP contribution < -0.4 is 10.6 Å². The average molecular weight is 367 g/mol. The molecule has 1 amide bonds. The number of esters is 1. The fraction of sp³-hybridized carbons (Fsp3) is 0.381. The van der Waals surface area contributed by atoms with Gasteiger partial charge in [-0.05, 0) is 44.0 Å². The SMILES string of the molecule is CCOC(=O)c1ccccc1NC(=O)c1ccc(NC2CCCCC2)cn1. The second-order valence-electron chi connectivity index (χ2n) is 6.63. The Labute approximate surface area is 159 Å². The molecule has 2 N–H and O–H groups in total. The van der Waals surface area contributed by atoms with Crippen LogP contribution >= 0.6 is 0 Å². The minimum Gasteiger partial charge on any atom is -0.462 e. The monoisotopic (exact) mass is 367 g/mol. The lowest BCUT2D eigenvalue weighted by molar-refractivity contribution is 0.0527. The minimum atomic E-state index is -0.464. The van der Waals surface area contributed by atoms with Gasteiger partial charge in [-0.3, -0.25) is 4.79 Å². The van der Waals surface area contributed by atoms with Gasteiger partial charge in [-0.1, -0.05) is 31.4 Å². The first kappa shape index (κ1) is 18.9. The van der Waals surface area contributed by atoms with E-state index in [1.807, 2.05) is 6.07 Å². The quantitative estimate of drug-likeness (QED) is 0.746. The molecule has 0 spiro atoms. The van der Waals surface area contributed by atoms with Gasteiger partial charge in [0.1, 0.15) is 5.69 Å². The summed E-state index contributed by atoms with van der Waals surface area (Å²) >= 11 is 0. The maximum atomic E-state index is 12.5. The number of carbonyl (C=O) groups excluding carboxylic acids is 2. The fourth-order valence-electron chi connectivity index (χ4n) is 3.26. The van der Waals surface area contributed by atoms with Crippen LogP contribution in [-0.4, -0.2) is 29.5 Å². The largest absolute Gasteiger partial charge is 0.462 e. The van der Waals surface area contributed by atoms with Crippen LogP contribution in [0, 0.1) is 0 Å². The van der Waals surface area contributed by atoms with Crippen LogP contribution in [-0.2, 0) is 4.74 Å². The Morgan fingerprint density at radius 1 is 1.11 bits per heavy atom. The van der Waals surface area contributed by atoms with E-state index in [-0.39, 0.29) is 12.5 Å². The summed E-state index contributed by atoms with van der Waals surface area (Å²) < 4.78 is 5.03. The van der Waals surface area contributed by atoms with Crippen molar-refractivity contribution in [3.63, 3.8) is 0 Å². The third kappa shape index (κ3) is 5.06. The van der Waals surface area contributed by atoms with Crippen molar-refractivity contribution in [2.75, 3.05) is 17.2 Å². The molecule has 1 aromatic heterocycles. The molecule has 0 atom stereocenters. The normalized spacial score (nSPS) is 14.4. The van der Waals surface area contributed by atoms with Gasteiger partial charge in [0, 0.05) is 6.04 Å². The van der Waals surface area contributed by atoms with Crippen molar-refractivity contribution in [2.45, 2.75) is 45.1 Å². The molecule has 1 aliphatic rings.